The highest BCUT2D eigenvalue weighted by Crippen LogP contribution is 2.23. The Balaban J connectivity index is 1.58. The van der Waals surface area contributed by atoms with Crippen molar-refractivity contribution in [3.8, 4) is 0 Å². The van der Waals surface area contributed by atoms with Gasteiger partial charge in [-0.15, -0.1) is 0 Å². The molecule has 0 spiro atoms. The van der Waals surface area contributed by atoms with Crippen LogP contribution in [0.15, 0.2) is 41.7 Å². The van der Waals surface area contributed by atoms with E-state index in [0.29, 0.717) is 17.3 Å². The van der Waals surface area contributed by atoms with Crippen LogP contribution in [0.1, 0.15) is 24.0 Å². The van der Waals surface area contributed by atoms with Crippen molar-refractivity contribution in [1.82, 2.24) is 14.7 Å². The van der Waals surface area contributed by atoms with Gasteiger partial charge in [-0.3, -0.25) is 4.98 Å². The number of hydrogen-bond donors (Lipinski definition) is 2. The highest BCUT2D eigenvalue weighted by Gasteiger charge is 2.17. The van der Waals surface area contributed by atoms with Crippen LogP contribution in [0.5, 0.6) is 0 Å². The lowest BCUT2D eigenvalue weighted by Crippen LogP contribution is -2.29. The zero-order valence-electron chi connectivity index (χ0n) is 12.8. The smallest absolute Gasteiger partial charge is 0.240 e. The molecule has 0 saturated heterocycles. The highest BCUT2D eigenvalue weighted by molar-refractivity contribution is 7.89. The Bertz CT molecular complexity index is 763. The quantitative estimate of drug-likeness (QED) is 0.787. The molecule has 1 aromatic heterocycles. The monoisotopic (exact) mass is 332 g/mol. The van der Waals surface area contributed by atoms with E-state index in [2.05, 4.69) is 20.0 Å². The van der Waals surface area contributed by atoms with Crippen LogP contribution >= 0.6 is 0 Å². The molecule has 0 unspecified atom stereocenters. The molecule has 0 atom stereocenters. The summed E-state index contributed by atoms with van der Waals surface area (Å²) in [7, 11) is -3.47. The van der Waals surface area contributed by atoms with Gasteiger partial charge in [0, 0.05) is 25.5 Å². The second-order valence-electron chi connectivity index (χ2n) is 5.55. The third-order valence-electron chi connectivity index (χ3n) is 3.92. The molecule has 122 valence electrons. The van der Waals surface area contributed by atoms with Gasteiger partial charge < -0.3 is 5.32 Å². The number of anilines is 1. The van der Waals surface area contributed by atoms with E-state index in [-0.39, 0.29) is 6.54 Å². The van der Waals surface area contributed by atoms with Crippen molar-refractivity contribution in [2.24, 2.45) is 0 Å². The molecule has 0 radical (unpaired) electrons. The molecular formula is C16H20N4O2S. The summed E-state index contributed by atoms with van der Waals surface area (Å²) in [5, 5.41) is 3.02. The van der Waals surface area contributed by atoms with Crippen molar-refractivity contribution >= 4 is 15.8 Å². The number of nitrogens with one attached hydrogen (secondary N) is 2. The molecule has 23 heavy (non-hydrogen) atoms. The van der Waals surface area contributed by atoms with E-state index in [1.54, 1.807) is 24.7 Å². The first-order valence-corrected chi connectivity index (χ1v) is 9.25. The predicted molar refractivity (Wildman–Crippen MR) is 88.8 cm³/mol. The third-order valence-corrected chi connectivity index (χ3v) is 5.38. The Morgan fingerprint density at radius 1 is 1.04 bits per heavy atom. The van der Waals surface area contributed by atoms with Gasteiger partial charge >= 0.3 is 0 Å². The molecule has 0 amide bonds. The molecule has 1 aromatic carbocycles. The second kappa shape index (κ2) is 7.06. The summed E-state index contributed by atoms with van der Waals surface area (Å²) in [6.07, 6.45) is 9.09. The summed E-state index contributed by atoms with van der Waals surface area (Å²) >= 11 is 0. The fraction of sp³-hybridized carbons (Fsp3) is 0.375. The average molecular weight is 332 g/mol. The van der Waals surface area contributed by atoms with Crippen LogP contribution in [0.4, 0.5) is 5.82 Å². The minimum Gasteiger partial charge on any atom is -0.367 e. The molecule has 1 aliphatic carbocycles. The molecule has 7 heteroatoms. The van der Waals surface area contributed by atoms with Gasteiger partial charge in [0.1, 0.15) is 5.82 Å². The van der Waals surface area contributed by atoms with Crippen LogP contribution in [0.25, 0.3) is 0 Å². The number of rotatable bonds is 6. The number of sulfonamides is 1. The van der Waals surface area contributed by atoms with E-state index in [4.69, 9.17) is 0 Å². The second-order valence-corrected chi connectivity index (χ2v) is 7.32. The van der Waals surface area contributed by atoms with Crippen LogP contribution in [-0.4, -0.2) is 31.5 Å². The largest absolute Gasteiger partial charge is 0.367 e. The topological polar surface area (TPSA) is 84.0 Å². The van der Waals surface area contributed by atoms with Crippen LogP contribution in [0.3, 0.4) is 0 Å². The van der Waals surface area contributed by atoms with E-state index < -0.39 is 10.0 Å². The normalized spacial score (nSPS) is 14.3. The molecule has 2 aromatic rings. The summed E-state index contributed by atoms with van der Waals surface area (Å²) in [5.74, 6) is 0.625. The summed E-state index contributed by atoms with van der Waals surface area (Å²) in [6.45, 7) is 0.735. The molecule has 1 aliphatic rings. The van der Waals surface area contributed by atoms with Gasteiger partial charge in [-0.25, -0.2) is 18.1 Å². The van der Waals surface area contributed by atoms with Crippen molar-refractivity contribution in [2.75, 3.05) is 18.4 Å². The van der Waals surface area contributed by atoms with Gasteiger partial charge in [-0.1, -0.05) is 6.07 Å². The third kappa shape index (κ3) is 4.05. The molecule has 0 aliphatic heterocycles. The van der Waals surface area contributed by atoms with Gasteiger partial charge in [0.15, 0.2) is 0 Å². The van der Waals surface area contributed by atoms with Gasteiger partial charge in [-0.05, 0) is 48.9 Å². The lowest BCUT2D eigenvalue weighted by molar-refractivity contribution is 0.582. The standard InChI is InChI=1S/C16H20N4O2S/c21-23(22,20-10-9-19-16-12-17-7-8-18-16)15-6-5-13-3-1-2-4-14(13)11-15/h5-8,11-12,20H,1-4,9-10H2,(H,18,19). The van der Waals surface area contributed by atoms with Gasteiger partial charge in [-0.2, -0.15) is 0 Å². The van der Waals surface area contributed by atoms with Crippen molar-refractivity contribution in [3.63, 3.8) is 0 Å². The van der Waals surface area contributed by atoms with Crippen LogP contribution < -0.4 is 10.0 Å². The summed E-state index contributed by atoms with van der Waals surface area (Å²) < 4.78 is 27.3. The molecule has 6 nitrogen and oxygen atoms in total. The number of hydrogen-bond acceptors (Lipinski definition) is 5. The summed E-state index contributed by atoms with van der Waals surface area (Å²) in [4.78, 5) is 8.35. The van der Waals surface area contributed by atoms with E-state index in [0.717, 1.165) is 24.8 Å². The average Bonchev–Trinajstić information content (AvgIpc) is 2.59. The van der Waals surface area contributed by atoms with Gasteiger partial charge in [0.2, 0.25) is 10.0 Å². The summed E-state index contributed by atoms with van der Waals surface area (Å²) in [6, 6.07) is 5.45. The van der Waals surface area contributed by atoms with Gasteiger partial charge in [0.05, 0.1) is 11.1 Å². The number of fused-ring (bicyclic) bond motifs is 1. The zero-order chi connectivity index (χ0) is 16.1. The fourth-order valence-corrected chi connectivity index (χ4v) is 3.81. The summed E-state index contributed by atoms with van der Waals surface area (Å²) in [5.41, 5.74) is 2.44. The predicted octanol–water partition coefficient (Wildman–Crippen LogP) is 1.75. The minimum atomic E-state index is -3.47. The lowest BCUT2D eigenvalue weighted by Gasteiger charge is -2.16. The zero-order valence-corrected chi connectivity index (χ0v) is 13.6. The Hall–Kier alpha value is -1.99. The van der Waals surface area contributed by atoms with Crippen molar-refractivity contribution in [3.05, 3.63) is 47.9 Å². The van der Waals surface area contributed by atoms with Crippen molar-refractivity contribution < 1.29 is 8.42 Å². The first-order chi connectivity index (χ1) is 11.1. The maximum atomic E-state index is 12.4. The Morgan fingerprint density at radius 3 is 2.65 bits per heavy atom. The number of benzene rings is 1. The Morgan fingerprint density at radius 2 is 1.87 bits per heavy atom. The molecular weight excluding hydrogens is 312 g/mol. The number of aromatic nitrogens is 2. The van der Waals surface area contributed by atoms with Crippen LogP contribution in [0, 0.1) is 0 Å². The van der Waals surface area contributed by atoms with E-state index in [1.165, 1.54) is 12.0 Å². The minimum absolute atomic E-state index is 0.288. The SMILES string of the molecule is O=S(=O)(NCCNc1cnccn1)c1ccc2c(c1)CCCC2. The highest BCUT2D eigenvalue weighted by atomic mass is 32.2. The molecule has 0 fully saturated rings. The number of aryl methyl sites for hydroxylation is 2. The molecule has 1 heterocycles. The Labute approximate surface area is 136 Å². The Kier molecular flexibility index (Phi) is 4.88. The number of nitrogens with zero attached hydrogens (tertiary/aromatic N) is 2. The first kappa shape index (κ1) is 15.9. The van der Waals surface area contributed by atoms with E-state index in [9.17, 15) is 8.42 Å². The van der Waals surface area contributed by atoms with Crippen LogP contribution in [0.2, 0.25) is 0 Å². The molecule has 0 bridgehead atoms. The maximum absolute atomic E-state index is 12.4. The lowest BCUT2D eigenvalue weighted by atomic mass is 9.92. The molecule has 3 rings (SSSR count). The maximum Gasteiger partial charge on any atom is 0.240 e. The molecule has 2 N–H and O–H groups in total. The molecule has 0 saturated carbocycles. The van der Waals surface area contributed by atoms with E-state index in [1.807, 2.05) is 12.1 Å². The first-order valence-electron chi connectivity index (χ1n) is 7.76. The van der Waals surface area contributed by atoms with Crippen LogP contribution in [-0.2, 0) is 22.9 Å². The van der Waals surface area contributed by atoms with Crippen molar-refractivity contribution in [1.29, 1.82) is 0 Å². The van der Waals surface area contributed by atoms with E-state index >= 15 is 0 Å². The fourth-order valence-electron chi connectivity index (χ4n) is 2.73. The van der Waals surface area contributed by atoms with Gasteiger partial charge in [0.25, 0.3) is 0 Å². The van der Waals surface area contributed by atoms with Crippen molar-refractivity contribution in [2.45, 2.75) is 30.6 Å².